The lowest BCUT2D eigenvalue weighted by molar-refractivity contribution is -0.141. The number of carbonyl (C=O) groups is 1. The van der Waals surface area contributed by atoms with E-state index in [-0.39, 0.29) is 12.1 Å². The van der Waals surface area contributed by atoms with Crippen LogP contribution in [-0.2, 0) is 14.3 Å². The first-order valence-corrected chi connectivity index (χ1v) is 5.60. The fraction of sp³-hybridized carbons (Fsp3) is 0.750. The van der Waals surface area contributed by atoms with Crippen LogP contribution in [0.5, 0.6) is 0 Å². The summed E-state index contributed by atoms with van der Waals surface area (Å²) in [5.74, 6) is 2.40. The predicted molar refractivity (Wildman–Crippen MR) is 60.9 cm³/mol. The standard InChI is InChI=1S/C12H19NO3/c1-3-7-13(8-6-12(14)15-2)10-11-5-4-9-16-11/h1,11H,4-10H2,2H3. The van der Waals surface area contributed by atoms with Crippen LogP contribution in [0, 0.1) is 12.3 Å². The van der Waals surface area contributed by atoms with E-state index in [2.05, 4.69) is 15.6 Å². The predicted octanol–water partition coefficient (Wildman–Crippen LogP) is 0.664. The first-order valence-electron chi connectivity index (χ1n) is 5.60. The van der Waals surface area contributed by atoms with Gasteiger partial charge < -0.3 is 9.47 Å². The monoisotopic (exact) mass is 225 g/mol. The molecule has 0 saturated carbocycles. The Kier molecular flexibility index (Phi) is 5.91. The summed E-state index contributed by atoms with van der Waals surface area (Å²) in [7, 11) is 1.40. The number of nitrogens with zero attached hydrogens (tertiary/aromatic N) is 1. The molecule has 0 aromatic rings. The second kappa shape index (κ2) is 7.26. The highest BCUT2D eigenvalue weighted by atomic mass is 16.5. The number of rotatable bonds is 6. The minimum absolute atomic E-state index is 0.200. The molecule has 4 heteroatoms. The molecule has 0 bridgehead atoms. The highest BCUT2D eigenvalue weighted by Crippen LogP contribution is 2.13. The topological polar surface area (TPSA) is 38.8 Å². The summed E-state index contributed by atoms with van der Waals surface area (Å²) < 4.78 is 10.1. The maximum absolute atomic E-state index is 11.0. The minimum atomic E-state index is -0.200. The molecule has 90 valence electrons. The van der Waals surface area contributed by atoms with Gasteiger partial charge in [0, 0.05) is 19.7 Å². The van der Waals surface area contributed by atoms with E-state index in [1.54, 1.807) is 0 Å². The third-order valence-electron chi connectivity index (χ3n) is 2.66. The van der Waals surface area contributed by atoms with Gasteiger partial charge >= 0.3 is 5.97 Å². The van der Waals surface area contributed by atoms with Crippen molar-refractivity contribution in [1.29, 1.82) is 0 Å². The zero-order valence-electron chi connectivity index (χ0n) is 9.78. The van der Waals surface area contributed by atoms with E-state index in [0.717, 1.165) is 26.0 Å². The van der Waals surface area contributed by atoms with Gasteiger partial charge in [0.25, 0.3) is 0 Å². The van der Waals surface area contributed by atoms with Crippen molar-refractivity contribution in [3.8, 4) is 12.3 Å². The Balaban J connectivity index is 2.28. The number of hydrogen-bond donors (Lipinski definition) is 0. The maximum atomic E-state index is 11.0. The molecule has 1 rings (SSSR count). The molecule has 0 aromatic carbocycles. The van der Waals surface area contributed by atoms with E-state index >= 15 is 0 Å². The summed E-state index contributed by atoms with van der Waals surface area (Å²) >= 11 is 0. The van der Waals surface area contributed by atoms with Crippen molar-refractivity contribution in [3.63, 3.8) is 0 Å². The number of methoxy groups -OCH3 is 1. The van der Waals surface area contributed by atoms with Gasteiger partial charge in [-0.15, -0.1) is 6.42 Å². The van der Waals surface area contributed by atoms with Crippen LogP contribution in [0.2, 0.25) is 0 Å². The third-order valence-corrected chi connectivity index (χ3v) is 2.66. The minimum Gasteiger partial charge on any atom is -0.469 e. The van der Waals surface area contributed by atoms with Crippen molar-refractivity contribution in [3.05, 3.63) is 0 Å². The summed E-state index contributed by atoms with van der Waals surface area (Å²) in [5, 5.41) is 0. The molecule has 16 heavy (non-hydrogen) atoms. The van der Waals surface area contributed by atoms with Crippen LogP contribution < -0.4 is 0 Å². The molecule has 0 spiro atoms. The molecule has 1 unspecified atom stereocenters. The summed E-state index contributed by atoms with van der Waals surface area (Å²) in [4.78, 5) is 13.1. The molecule has 0 N–H and O–H groups in total. The molecule has 4 nitrogen and oxygen atoms in total. The van der Waals surface area contributed by atoms with Crippen molar-refractivity contribution in [2.45, 2.75) is 25.4 Å². The van der Waals surface area contributed by atoms with Gasteiger partial charge in [-0.3, -0.25) is 9.69 Å². The Morgan fingerprint density at radius 2 is 2.50 bits per heavy atom. The molecule has 1 fully saturated rings. The van der Waals surface area contributed by atoms with Gasteiger partial charge in [0.2, 0.25) is 0 Å². The van der Waals surface area contributed by atoms with Gasteiger partial charge in [0.05, 0.1) is 26.2 Å². The molecular weight excluding hydrogens is 206 g/mol. The summed E-state index contributed by atoms with van der Waals surface area (Å²) in [5.41, 5.74) is 0. The molecule has 0 amide bonds. The molecule has 0 aromatic heterocycles. The van der Waals surface area contributed by atoms with E-state index in [1.165, 1.54) is 7.11 Å². The Labute approximate surface area is 96.9 Å². The number of hydrogen-bond acceptors (Lipinski definition) is 4. The fourth-order valence-electron chi connectivity index (χ4n) is 1.79. The second-order valence-corrected chi connectivity index (χ2v) is 3.90. The van der Waals surface area contributed by atoms with Crippen molar-refractivity contribution < 1.29 is 14.3 Å². The molecule has 1 aliphatic heterocycles. The number of terminal acetylenes is 1. The van der Waals surface area contributed by atoms with E-state index in [1.807, 2.05) is 0 Å². The largest absolute Gasteiger partial charge is 0.469 e. The van der Waals surface area contributed by atoms with Gasteiger partial charge in [0.15, 0.2) is 0 Å². The van der Waals surface area contributed by atoms with E-state index < -0.39 is 0 Å². The summed E-state index contributed by atoms with van der Waals surface area (Å²) in [6.07, 6.45) is 8.14. The summed E-state index contributed by atoms with van der Waals surface area (Å²) in [6.45, 7) is 2.83. The van der Waals surface area contributed by atoms with Crippen LogP contribution in [0.15, 0.2) is 0 Å². The number of carbonyl (C=O) groups excluding carboxylic acids is 1. The Bertz CT molecular complexity index is 253. The van der Waals surface area contributed by atoms with Crippen molar-refractivity contribution in [2.75, 3.05) is 33.4 Å². The average Bonchev–Trinajstić information content (AvgIpc) is 2.78. The van der Waals surface area contributed by atoms with Crippen LogP contribution in [0.4, 0.5) is 0 Å². The van der Waals surface area contributed by atoms with Crippen LogP contribution in [0.25, 0.3) is 0 Å². The Morgan fingerprint density at radius 1 is 1.69 bits per heavy atom. The van der Waals surface area contributed by atoms with E-state index in [4.69, 9.17) is 11.2 Å². The lowest BCUT2D eigenvalue weighted by atomic mass is 10.2. The first kappa shape index (κ1) is 13.0. The lowest BCUT2D eigenvalue weighted by Gasteiger charge is -2.22. The highest BCUT2D eigenvalue weighted by Gasteiger charge is 2.19. The van der Waals surface area contributed by atoms with E-state index in [9.17, 15) is 4.79 Å². The maximum Gasteiger partial charge on any atom is 0.306 e. The molecule has 1 aliphatic rings. The van der Waals surface area contributed by atoms with Gasteiger partial charge in [0.1, 0.15) is 0 Å². The number of ether oxygens (including phenoxy) is 2. The Hall–Kier alpha value is -1.05. The summed E-state index contributed by atoms with van der Waals surface area (Å²) in [6, 6.07) is 0. The van der Waals surface area contributed by atoms with Crippen molar-refractivity contribution in [2.24, 2.45) is 0 Å². The highest BCUT2D eigenvalue weighted by molar-refractivity contribution is 5.69. The molecule has 0 aliphatic carbocycles. The van der Waals surface area contributed by atoms with Crippen LogP contribution in [0.1, 0.15) is 19.3 Å². The van der Waals surface area contributed by atoms with Crippen LogP contribution in [-0.4, -0.2) is 50.3 Å². The SMILES string of the molecule is C#CCN(CCC(=O)OC)CC1CCCO1. The second-order valence-electron chi connectivity index (χ2n) is 3.90. The fourth-order valence-corrected chi connectivity index (χ4v) is 1.79. The molecule has 0 radical (unpaired) electrons. The van der Waals surface area contributed by atoms with Crippen LogP contribution >= 0.6 is 0 Å². The van der Waals surface area contributed by atoms with E-state index in [0.29, 0.717) is 19.5 Å². The normalized spacial score (nSPS) is 19.7. The van der Waals surface area contributed by atoms with Gasteiger partial charge in [-0.1, -0.05) is 5.92 Å². The lowest BCUT2D eigenvalue weighted by Crippen LogP contribution is -2.34. The van der Waals surface area contributed by atoms with Crippen molar-refractivity contribution >= 4 is 5.97 Å². The molecular formula is C12H19NO3. The molecule has 1 heterocycles. The molecule has 1 atom stereocenters. The van der Waals surface area contributed by atoms with Crippen molar-refractivity contribution in [1.82, 2.24) is 4.90 Å². The quantitative estimate of drug-likeness (QED) is 0.492. The number of esters is 1. The zero-order valence-corrected chi connectivity index (χ0v) is 9.78. The third kappa shape index (κ3) is 4.65. The zero-order chi connectivity index (χ0) is 11.8. The van der Waals surface area contributed by atoms with Gasteiger partial charge in [-0.05, 0) is 12.8 Å². The molecule has 1 saturated heterocycles. The Morgan fingerprint density at radius 3 is 3.06 bits per heavy atom. The smallest absolute Gasteiger partial charge is 0.306 e. The van der Waals surface area contributed by atoms with Gasteiger partial charge in [-0.2, -0.15) is 0 Å². The first-order chi connectivity index (χ1) is 7.76. The van der Waals surface area contributed by atoms with Crippen LogP contribution in [0.3, 0.4) is 0 Å². The average molecular weight is 225 g/mol. The van der Waals surface area contributed by atoms with Gasteiger partial charge in [-0.25, -0.2) is 0 Å².